The van der Waals surface area contributed by atoms with E-state index in [1.54, 1.807) is 18.5 Å². The molecule has 0 radical (unpaired) electrons. The number of amidine groups is 1. The van der Waals surface area contributed by atoms with Gasteiger partial charge in [0, 0.05) is 27.3 Å². The highest BCUT2D eigenvalue weighted by Gasteiger charge is 2.13. The van der Waals surface area contributed by atoms with Crippen molar-refractivity contribution in [2.75, 3.05) is 0 Å². The summed E-state index contributed by atoms with van der Waals surface area (Å²) in [6, 6.07) is 7.29. The van der Waals surface area contributed by atoms with Gasteiger partial charge in [0.15, 0.2) is 11.0 Å². The lowest BCUT2D eigenvalue weighted by Gasteiger charge is -2.08. The number of aromatic nitrogens is 2. The van der Waals surface area contributed by atoms with Crippen LogP contribution < -0.4 is 5.73 Å². The summed E-state index contributed by atoms with van der Waals surface area (Å²) in [5.41, 5.74) is 6.29. The van der Waals surface area contributed by atoms with Crippen molar-refractivity contribution in [3.05, 3.63) is 46.7 Å². The largest absolute Gasteiger partial charge is 0.409 e. The molecule has 3 N–H and O–H groups in total. The molecule has 0 saturated carbocycles. The first-order valence-corrected chi connectivity index (χ1v) is 6.54. The Morgan fingerprint density at radius 3 is 2.67 bits per heavy atom. The molecule has 0 bridgehead atoms. The fraction of sp³-hybridized carbons (Fsp3) is 0. The summed E-state index contributed by atoms with van der Waals surface area (Å²) in [4.78, 5) is 9.06. The van der Waals surface area contributed by atoms with Crippen LogP contribution in [0.4, 0.5) is 0 Å². The molecule has 2 rings (SSSR count). The first-order valence-electron chi connectivity index (χ1n) is 4.93. The molecule has 0 unspecified atom stereocenters. The zero-order valence-corrected chi connectivity index (χ0v) is 11.5. The SMILES string of the molecule is N/C(=N/O)c1c(Br)cccc1Sc1ncccn1. The molecule has 0 amide bonds. The maximum atomic E-state index is 8.80. The fourth-order valence-electron chi connectivity index (χ4n) is 1.32. The highest BCUT2D eigenvalue weighted by molar-refractivity contribution is 9.10. The smallest absolute Gasteiger partial charge is 0.192 e. The standard InChI is InChI=1S/C11H9BrN4OS/c12-7-3-1-4-8(9(7)10(13)16-17)18-11-14-5-2-6-15-11/h1-6,17H,(H2,13,16). The van der Waals surface area contributed by atoms with Crippen molar-refractivity contribution >= 4 is 33.5 Å². The van der Waals surface area contributed by atoms with E-state index in [2.05, 4.69) is 31.1 Å². The molecule has 1 heterocycles. The molecule has 0 aliphatic heterocycles. The molecule has 0 fully saturated rings. The molecule has 1 aromatic heterocycles. The highest BCUT2D eigenvalue weighted by atomic mass is 79.9. The van der Waals surface area contributed by atoms with Crippen LogP contribution in [-0.4, -0.2) is 21.0 Å². The summed E-state index contributed by atoms with van der Waals surface area (Å²) >= 11 is 4.72. The van der Waals surface area contributed by atoms with Gasteiger partial charge in [0.2, 0.25) is 0 Å². The van der Waals surface area contributed by atoms with Gasteiger partial charge in [-0.05, 0) is 45.9 Å². The Balaban J connectivity index is 2.42. The van der Waals surface area contributed by atoms with Gasteiger partial charge in [-0.25, -0.2) is 9.97 Å². The lowest BCUT2D eigenvalue weighted by molar-refractivity contribution is 0.318. The molecular formula is C11H9BrN4OS. The molecular weight excluding hydrogens is 316 g/mol. The monoisotopic (exact) mass is 324 g/mol. The van der Waals surface area contributed by atoms with Crippen LogP contribution in [0, 0.1) is 0 Å². The molecule has 5 nitrogen and oxygen atoms in total. The maximum absolute atomic E-state index is 8.80. The van der Waals surface area contributed by atoms with Gasteiger partial charge < -0.3 is 10.9 Å². The van der Waals surface area contributed by atoms with Crippen LogP contribution in [0.5, 0.6) is 0 Å². The molecule has 7 heteroatoms. The second-order valence-corrected chi connectivity index (χ2v) is 5.10. The third-order valence-corrected chi connectivity index (χ3v) is 3.70. The van der Waals surface area contributed by atoms with E-state index in [1.807, 2.05) is 18.2 Å². The summed E-state index contributed by atoms with van der Waals surface area (Å²) in [5.74, 6) is 0.0425. The molecule has 18 heavy (non-hydrogen) atoms. The predicted octanol–water partition coefficient (Wildman–Crippen LogP) is 2.48. The lowest BCUT2D eigenvalue weighted by Crippen LogP contribution is -2.15. The van der Waals surface area contributed by atoms with Crippen molar-refractivity contribution < 1.29 is 5.21 Å². The lowest BCUT2D eigenvalue weighted by atomic mass is 10.2. The van der Waals surface area contributed by atoms with E-state index in [0.717, 1.165) is 9.37 Å². The van der Waals surface area contributed by atoms with Crippen LogP contribution in [0.15, 0.2) is 56.3 Å². The van der Waals surface area contributed by atoms with Crippen molar-refractivity contribution in [3.63, 3.8) is 0 Å². The van der Waals surface area contributed by atoms with Crippen LogP contribution in [0.25, 0.3) is 0 Å². The molecule has 0 atom stereocenters. The molecule has 0 aliphatic carbocycles. The Bertz CT molecular complexity index is 577. The van der Waals surface area contributed by atoms with Crippen LogP contribution in [0.2, 0.25) is 0 Å². The minimum Gasteiger partial charge on any atom is -0.409 e. The van der Waals surface area contributed by atoms with Crippen LogP contribution in [-0.2, 0) is 0 Å². The number of halogens is 1. The number of nitrogens with zero attached hydrogens (tertiary/aromatic N) is 3. The number of nitrogens with two attached hydrogens (primary N) is 1. The Morgan fingerprint density at radius 2 is 2.00 bits per heavy atom. The molecule has 92 valence electrons. The maximum Gasteiger partial charge on any atom is 0.192 e. The van der Waals surface area contributed by atoms with Crippen LogP contribution in [0.3, 0.4) is 0 Å². The summed E-state index contributed by atoms with van der Waals surface area (Å²) < 4.78 is 0.749. The quantitative estimate of drug-likeness (QED) is 0.298. The van der Waals surface area contributed by atoms with E-state index in [4.69, 9.17) is 10.9 Å². The fourth-order valence-corrected chi connectivity index (χ4v) is 2.91. The minimum absolute atomic E-state index is 0.0425. The van der Waals surface area contributed by atoms with Crippen molar-refractivity contribution in [2.24, 2.45) is 10.9 Å². The number of hydrogen-bond donors (Lipinski definition) is 2. The van der Waals surface area contributed by atoms with Crippen molar-refractivity contribution in [1.29, 1.82) is 0 Å². The minimum atomic E-state index is 0.0425. The summed E-state index contributed by atoms with van der Waals surface area (Å²) in [6.07, 6.45) is 3.33. The Labute approximate surface area is 116 Å². The van der Waals surface area contributed by atoms with E-state index in [1.165, 1.54) is 11.8 Å². The van der Waals surface area contributed by atoms with Gasteiger partial charge in [0.1, 0.15) is 0 Å². The third-order valence-electron chi connectivity index (χ3n) is 2.08. The first-order chi connectivity index (χ1) is 8.72. The van der Waals surface area contributed by atoms with E-state index < -0.39 is 0 Å². The van der Waals surface area contributed by atoms with Gasteiger partial charge in [-0.15, -0.1) is 0 Å². The second-order valence-electron chi connectivity index (χ2n) is 3.23. The number of rotatable bonds is 3. The average molecular weight is 325 g/mol. The van der Waals surface area contributed by atoms with E-state index in [-0.39, 0.29) is 5.84 Å². The average Bonchev–Trinajstić information content (AvgIpc) is 2.39. The van der Waals surface area contributed by atoms with Gasteiger partial charge >= 0.3 is 0 Å². The molecule has 0 spiro atoms. The second kappa shape index (κ2) is 5.83. The normalized spacial score (nSPS) is 11.5. The topological polar surface area (TPSA) is 84.4 Å². The van der Waals surface area contributed by atoms with Crippen molar-refractivity contribution in [2.45, 2.75) is 10.1 Å². The van der Waals surface area contributed by atoms with E-state index in [9.17, 15) is 0 Å². The zero-order valence-electron chi connectivity index (χ0n) is 9.12. The Morgan fingerprint density at radius 1 is 1.28 bits per heavy atom. The number of benzene rings is 1. The summed E-state index contributed by atoms with van der Waals surface area (Å²) in [7, 11) is 0. The van der Waals surface area contributed by atoms with Crippen LogP contribution in [0.1, 0.15) is 5.56 Å². The van der Waals surface area contributed by atoms with Gasteiger partial charge in [-0.2, -0.15) is 0 Å². The first kappa shape index (κ1) is 12.8. The Hall–Kier alpha value is -1.60. The number of oxime groups is 1. The number of hydrogen-bond acceptors (Lipinski definition) is 5. The van der Waals surface area contributed by atoms with E-state index in [0.29, 0.717) is 10.7 Å². The van der Waals surface area contributed by atoms with Crippen molar-refractivity contribution in [1.82, 2.24) is 9.97 Å². The third kappa shape index (κ3) is 2.80. The van der Waals surface area contributed by atoms with Gasteiger partial charge in [-0.1, -0.05) is 11.2 Å². The molecule has 0 saturated heterocycles. The highest BCUT2D eigenvalue weighted by Crippen LogP contribution is 2.31. The van der Waals surface area contributed by atoms with Gasteiger partial charge in [-0.3, -0.25) is 0 Å². The van der Waals surface area contributed by atoms with Gasteiger partial charge in [0.25, 0.3) is 0 Å². The van der Waals surface area contributed by atoms with Crippen LogP contribution >= 0.6 is 27.7 Å². The van der Waals surface area contributed by atoms with E-state index >= 15 is 0 Å². The Kier molecular flexibility index (Phi) is 4.16. The molecule has 1 aromatic carbocycles. The summed E-state index contributed by atoms with van der Waals surface area (Å²) in [5, 5.41) is 12.4. The molecule has 0 aliphatic rings. The molecule has 2 aromatic rings. The summed E-state index contributed by atoms with van der Waals surface area (Å²) in [6.45, 7) is 0. The van der Waals surface area contributed by atoms with Crippen molar-refractivity contribution in [3.8, 4) is 0 Å². The zero-order chi connectivity index (χ0) is 13.0. The predicted molar refractivity (Wildman–Crippen MR) is 72.8 cm³/mol. The van der Waals surface area contributed by atoms with Gasteiger partial charge in [0.05, 0.1) is 0 Å².